The molecular weight excluding hydrogens is 451 g/mol. The number of hydrogen-bond donors (Lipinski definition) is 1. The molecule has 0 saturated heterocycles. The van der Waals surface area contributed by atoms with Gasteiger partial charge in [0.15, 0.2) is 0 Å². The van der Waals surface area contributed by atoms with Crippen LogP contribution >= 0.6 is 7.92 Å². The number of aryl methyl sites for hydroxylation is 3. The molecule has 0 unspecified atom stereocenters. The largest absolute Gasteiger partial charge is 0.507 e. The molecule has 3 nitrogen and oxygen atoms in total. The maximum atomic E-state index is 10.7. The summed E-state index contributed by atoms with van der Waals surface area (Å²) in [5.41, 5.74) is 7.77. The average molecular weight is 491 g/mol. The predicted octanol–water partition coefficient (Wildman–Crippen LogP) is 7.62. The van der Waals surface area contributed by atoms with Gasteiger partial charge in [0.1, 0.15) is 23.1 Å². The minimum absolute atomic E-state index is 0.126. The molecule has 0 radical (unpaired) electrons. The summed E-state index contributed by atoms with van der Waals surface area (Å²) in [4.78, 5) is 0. The van der Waals surface area contributed by atoms with Crippen LogP contribution in [0, 0.1) is 0 Å². The zero-order chi connectivity index (χ0) is 24.9. The first-order valence-electron chi connectivity index (χ1n) is 13.0. The van der Waals surface area contributed by atoms with Crippen LogP contribution in [0.25, 0.3) is 11.1 Å². The van der Waals surface area contributed by atoms with Crippen molar-refractivity contribution in [3.8, 4) is 28.4 Å². The summed E-state index contributed by atoms with van der Waals surface area (Å²) < 4.78 is 12.3. The van der Waals surface area contributed by atoms with Crippen LogP contribution in [-0.4, -0.2) is 24.7 Å². The Kier molecular flexibility index (Phi) is 8.39. The molecular formula is C31H39O3P. The predicted molar refractivity (Wildman–Crippen MR) is 149 cm³/mol. The monoisotopic (exact) mass is 490 g/mol. The quantitative estimate of drug-likeness (QED) is 0.297. The van der Waals surface area contributed by atoms with E-state index in [-0.39, 0.29) is 11.6 Å². The lowest BCUT2D eigenvalue weighted by Crippen LogP contribution is -2.17. The second-order valence-electron chi connectivity index (χ2n) is 9.54. The topological polar surface area (TPSA) is 38.7 Å². The Balaban J connectivity index is 1.73. The van der Waals surface area contributed by atoms with Crippen molar-refractivity contribution >= 4 is 13.2 Å². The summed E-state index contributed by atoms with van der Waals surface area (Å²) in [6.45, 7) is 9.14. The molecule has 1 aliphatic heterocycles. The first-order chi connectivity index (χ1) is 17.0. The zero-order valence-corrected chi connectivity index (χ0v) is 22.8. The lowest BCUT2D eigenvalue weighted by Gasteiger charge is -2.22. The van der Waals surface area contributed by atoms with Gasteiger partial charge < -0.3 is 14.6 Å². The molecule has 35 heavy (non-hydrogen) atoms. The van der Waals surface area contributed by atoms with Gasteiger partial charge in [-0.15, -0.1) is 0 Å². The molecule has 0 aliphatic carbocycles. The van der Waals surface area contributed by atoms with E-state index in [0.717, 1.165) is 55.4 Å². The Morgan fingerprint density at radius 2 is 1.57 bits per heavy atom. The van der Waals surface area contributed by atoms with E-state index in [1.54, 1.807) is 13.2 Å². The fourth-order valence-electron chi connectivity index (χ4n) is 5.42. The third-order valence-electron chi connectivity index (χ3n) is 6.99. The number of rotatable bonds is 10. The van der Waals surface area contributed by atoms with Crippen LogP contribution in [0.15, 0.2) is 48.5 Å². The van der Waals surface area contributed by atoms with Crippen molar-refractivity contribution in [2.75, 3.05) is 13.8 Å². The normalized spacial score (nSPS) is 16.7. The molecule has 0 spiro atoms. The van der Waals surface area contributed by atoms with Crippen molar-refractivity contribution in [3.63, 3.8) is 0 Å². The number of hydrogen-bond acceptors (Lipinski definition) is 3. The minimum Gasteiger partial charge on any atom is -0.507 e. The second kappa shape index (κ2) is 11.5. The third kappa shape index (κ3) is 5.21. The van der Waals surface area contributed by atoms with Crippen LogP contribution in [-0.2, 0) is 25.7 Å². The molecule has 0 bridgehead atoms. The molecule has 4 heteroatoms. The fraction of sp³-hybridized carbons (Fsp3) is 0.419. The number of methoxy groups -OCH3 is 1. The van der Waals surface area contributed by atoms with Gasteiger partial charge in [0.05, 0.1) is 12.7 Å². The molecule has 3 aromatic carbocycles. The summed E-state index contributed by atoms with van der Waals surface area (Å²) in [6, 6.07) is 16.6. The number of phenolic OH excluding ortho intramolecular Hbond substituents is 1. The van der Waals surface area contributed by atoms with E-state index in [0.29, 0.717) is 5.75 Å². The fourth-order valence-corrected chi connectivity index (χ4v) is 7.47. The van der Waals surface area contributed by atoms with Gasteiger partial charge in [-0.1, -0.05) is 70.4 Å². The highest BCUT2D eigenvalue weighted by Crippen LogP contribution is 2.52. The molecule has 1 N–H and O–H groups in total. The van der Waals surface area contributed by atoms with E-state index in [1.807, 2.05) is 18.2 Å². The van der Waals surface area contributed by atoms with Crippen LogP contribution in [0.1, 0.15) is 62.3 Å². The first-order valence-corrected chi connectivity index (χ1v) is 14.9. The van der Waals surface area contributed by atoms with Crippen LogP contribution in [0.2, 0.25) is 0 Å². The summed E-state index contributed by atoms with van der Waals surface area (Å²) in [7, 11) is 1.07. The van der Waals surface area contributed by atoms with Gasteiger partial charge in [0.25, 0.3) is 0 Å². The van der Waals surface area contributed by atoms with Crippen molar-refractivity contribution in [3.05, 3.63) is 70.8 Å². The molecule has 0 amide bonds. The Morgan fingerprint density at radius 1 is 0.914 bits per heavy atom. The number of benzene rings is 3. The van der Waals surface area contributed by atoms with Gasteiger partial charge in [0, 0.05) is 17.3 Å². The van der Waals surface area contributed by atoms with Crippen molar-refractivity contribution in [1.82, 2.24) is 0 Å². The van der Waals surface area contributed by atoms with Gasteiger partial charge in [-0.25, -0.2) is 0 Å². The maximum Gasteiger partial charge on any atom is 0.130 e. The first kappa shape index (κ1) is 25.6. The Hall–Kier alpha value is -2.51. The van der Waals surface area contributed by atoms with E-state index in [2.05, 4.69) is 51.7 Å². The highest BCUT2D eigenvalue weighted by molar-refractivity contribution is 7.66. The van der Waals surface area contributed by atoms with Crippen molar-refractivity contribution < 1.29 is 14.6 Å². The summed E-state index contributed by atoms with van der Waals surface area (Å²) in [5, 5.41) is 12.0. The Labute approximate surface area is 212 Å². The van der Waals surface area contributed by atoms with E-state index in [4.69, 9.17) is 9.47 Å². The van der Waals surface area contributed by atoms with E-state index in [9.17, 15) is 5.11 Å². The van der Waals surface area contributed by atoms with Crippen LogP contribution in [0.5, 0.6) is 17.2 Å². The second-order valence-corrected chi connectivity index (χ2v) is 11.8. The standard InChI is InChI=1S/C31H39O3P/c1-6-11-21-18-22(12-7-2)25(23(19-21)13-8-3)20-29-34-28-17-9-14-24(31(28)35(29)5)30-26(32)15-10-16-27(30)33-4/h9-10,14-19,29,32H,6-8,11-13,20H2,1-5H3/t29-,35-/m0/s1. The number of ether oxygens (including phenoxy) is 2. The van der Waals surface area contributed by atoms with Gasteiger partial charge in [-0.05, 0) is 74.3 Å². The van der Waals surface area contributed by atoms with E-state index in [1.165, 1.54) is 34.0 Å². The molecule has 0 saturated carbocycles. The smallest absolute Gasteiger partial charge is 0.130 e. The maximum absolute atomic E-state index is 10.7. The highest BCUT2D eigenvalue weighted by atomic mass is 31.1. The lowest BCUT2D eigenvalue weighted by atomic mass is 9.90. The molecule has 0 fully saturated rings. The molecule has 3 aromatic rings. The summed E-state index contributed by atoms with van der Waals surface area (Å²) in [6.07, 6.45) is 7.79. The molecule has 4 rings (SSSR count). The van der Waals surface area contributed by atoms with Crippen LogP contribution in [0.4, 0.5) is 0 Å². The average Bonchev–Trinajstić information content (AvgIpc) is 3.17. The highest BCUT2D eigenvalue weighted by Gasteiger charge is 2.35. The molecule has 1 heterocycles. The van der Waals surface area contributed by atoms with Gasteiger partial charge in [-0.2, -0.15) is 0 Å². The SMILES string of the molecule is CCCc1cc(CCC)c(C[C@H]2Oc3cccc(-c4c(O)cccc4OC)c3[P@@]2C)c(CCC)c1. The van der Waals surface area contributed by atoms with E-state index >= 15 is 0 Å². The number of aromatic hydroxyl groups is 1. The van der Waals surface area contributed by atoms with Crippen molar-refractivity contribution in [1.29, 1.82) is 0 Å². The molecule has 0 aromatic heterocycles. The van der Waals surface area contributed by atoms with Crippen LogP contribution < -0.4 is 14.8 Å². The molecule has 186 valence electrons. The summed E-state index contributed by atoms with van der Waals surface area (Å²) in [5.74, 6) is 2.00. The van der Waals surface area contributed by atoms with Gasteiger partial charge >= 0.3 is 0 Å². The minimum atomic E-state index is -0.589. The lowest BCUT2D eigenvalue weighted by molar-refractivity contribution is 0.295. The van der Waals surface area contributed by atoms with Gasteiger partial charge in [-0.3, -0.25) is 0 Å². The number of phenols is 1. The number of fused-ring (bicyclic) bond motifs is 1. The Morgan fingerprint density at radius 3 is 2.20 bits per heavy atom. The Bertz CT molecular complexity index is 1140. The van der Waals surface area contributed by atoms with E-state index < -0.39 is 7.92 Å². The van der Waals surface area contributed by atoms with Gasteiger partial charge in [0.2, 0.25) is 0 Å². The molecule has 2 atom stereocenters. The summed E-state index contributed by atoms with van der Waals surface area (Å²) >= 11 is 0. The zero-order valence-electron chi connectivity index (χ0n) is 21.9. The van der Waals surface area contributed by atoms with Crippen molar-refractivity contribution in [2.45, 2.75) is 71.6 Å². The van der Waals surface area contributed by atoms with Crippen LogP contribution in [0.3, 0.4) is 0 Å². The molecule has 1 aliphatic rings. The third-order valence-corrected chi connectivity index (χ3v) is 9.31. The van der Waals surface area contributed by atoms with Crippen molar-refractivity contribution in [2.24, 2.45) is 0 Å².